The molecule has 0 aliphatic rings. The lowest BCUT2D eigenvalue weighted by molar-refractivity contribution is -0.137. The molecule has 114 valence electrons. The molecule has 0 aliphatic heterocycles. The van der Waals surface area contributed by atoms with Gasteiger partial charge in [-0.3, -0.25) is 9.35 Å². The van der Waals surface area contributed by atoms with Gasteiger partial charge in [0.1, 0.15) is 4.90 Å². The lowest BCUT2D eigenvalue weighted by Crippen LogP contribution is -2.03. The predicted octanol–water partition coefficient (Wildman–Crippen LogP) is 2.52. The van der Waals surface area contributed by atoms with Crippen molar-refractivity contribution < 1.29 is 22.9 Å². The van der Waals surface area contributed by atoms with Gasteiger partial charge in [0.25, 0.3) is 10.1 Å². The van der Waals surface area contributed by atoms with Gasteiger partial charge in [0.15, 0.2) is 0 Å². The van der Waals surface area contributed by atoms with Crippen molar-refractivity contribution in [1.29, 1.82) is 0 Å². The molecule has 0 saturated carbocycles. The molecule has 3 rings (SSSR count). The Balaban J connectivity index is 2.36. The number of carboxylic acid groups (broad SMARTS) is 1. The Bertz CT molecular complexity index is 988. The standard InChI is InChI=1S/C15H13NO5S/c17-14(18)7-8-16-9-13(22(19,20)21)15-11-4-2-1-3-10(11)5-6-12(15)16/h1-6,9H,7-8H2,(H,17,18)(H,19,20,21). The molecule has 0 bridgehead atoms. The van der Waals surface area contributed by atoms with E-state index in [9.17, 15) is 17.8 Å². The average molecular weight is 319 g/mol. The van der Waals surface area contributed by atoms with Crippen LogP contribution in [-0.2, 0) is 21.5 Å². The second-order valence-electron chi connectivity index (χ2n) is 4.99. The zero-order valence-electron chi connectivity index (χ0n) is 11.4. The van der Waals surface area contributed by atoms with E-state index < -0.39 is 16.1 Å². The predicted molar refractivity (Wildman–Crippen MR) is 81.5 cm³/mol. The molecule has 0 spiro atoms. The van der Waals surface area contributed by atoms with E-state index in [0.29, 0.717) is 16.3 Å². The maximum absolute atomic E-state index is 11.7. The van der Waals surface area contributed by atoms with Crippen LogP contribution in [0.2, 0.25) is 0 Å². The molecular formula is C15H13NO5S. The topological polar surface area (TPSA) is 96.6 Å². The fourth-order valence-electron chi connectivity index (χ4n) is 2.63. The smallest absolute Gasteiger partial charge is 0.305 e. The Morgan fingerprint density at radius 2 is 1.86 bits per heavy atom. The second-order valence-corrected chi connectivity index (χ2v) is 6.38. The zero-order valence-corrected chi connectivity index (χ0v) is 12.2. The third kappa shape index (κ3) is 2.44. The molecule has 0 saturated heterocycles. The number of aryl methyl sites for hydroxylation is 1. The van der Waals surface area contributed by atoms with Crippen molar-refractivity contribution in [3.63, 3.8) is 0 Å². The summed E-state index contributed by atoms with van der Waals surface area (Å²) in [7, 11) is -4.41. The number of hydrogen-bond acceptors (Lipinski definition) is 3. The summed E-state index contributed by atoms with van der Waals surface area (Å²) < 4.78 is 34.4. The minimum Gasteiger partial charge on any atom is -0.481 e. The van der Waals surface area contributed by atoms with Crippen LogP contribution in [0.15, 0.2) is 47.5 Å². The van der Waals surface area contributed by atoms with Crippen molar-refractivity contribution in [3.05, 3.63) is 42.6 Å². The van der Waals surface area contributed by atoms with Crippen LogP contribution in [0.1, 0.15) is 6.42 Å². The molecule has 3 aromatic rings. The highest BCUT2D eigenvalue weighted by molar-refractivity contribution is 7.86. The Morgan fingerprint density at radius 1 is 1.14 bits per heavy atom. The van der Waals surface area contributed by atoms with Gasteiger partial charge in [-0.1, -0.05) is 30.3 Å². The van der Waals surface area contributed by atoms with Crippen LogP contribution in [-0.4, -0.2) is 28.6 Å². The Kier molecular flexibility index (Phi) is 3.38. The fraction of sp³-hybridized carbons (Fsp3) is 0.133. The van der Waals surface area contributed by atoms with Crippen LogP contribution in [0.5, 0.6) is 0 Å². The number of nitrogens with zero attached hydrogens (tertiary/aromatic N) is 1. The van der Waals surface area contributed by atoms with Gasteiger partial charge in [0, 0.05) is 18.1 Å². The molecule has 0 unspecified atom stereocenters. The summed E-state index contributed by atoms with van der Waals surface area (Å²) in [6.45, 7) is 0.125. The van der Waals surface area contributed by atoms with Gasteiger partial charge in [-0.25, -0.2) is 0 Å². The van der Waals surface area contributed by atoms with E-state index in [1.807, 2.05) is 18.2 Å². The van der Waals surface area contributed by atoms with Crippen LogP contribution in [0.3, 0.4) is 0 Å². The fourth-order valence-corrected chi connectivity index (χ4v) is 3.36. The quantitative estimate of drug-likeness (QED) is 0.720. The van der Waals surface area contributed by atoms with Crippen molar-refractivity contribution in [2.45, 2.75) is 17.9 Å². The third-order valence-corrected chi connectivity index (χ3v) is 4.45. The zero-order chi connectivity index (χ0) is 15.9. The molecule has 0 aliphatic carbocycles. The van der Waals surface area contributed by atoms with Gasteiger partial charge < -0.3 is 9.67 Å². The first-order valence-corrected chi connectivity index (χ1v) is 8.02. The lowest BCUT2D eigenvalue weighted by Gasteiger charge is -2.04. The Morgan fingerprint density at radius 3 is 2.55 bits per heavy atom. The van der Waals surface area contributed by atoms with Crippen LogP contribution in [0.4, 0.5) is 0 Å². The number of aromatic nitrogens is 1. The van der Waals surface area contributed by atoms with Crippen molar-refractivity contribution in [2.75, 3.05) is 0 Å². The van der Waals surface area contributed by atoms with Gasteiger partial charge in [0.05, 0.1) is 11.9 Å². The molecule has 7 heteroatoms. The minimum absolute atomic E-state index is 0.125. The van der Waals surface area contributed by atoms with E-state index in [0.717, 1.165) is 5.39 Å². The third-order valence-electron chi connectivity index (χ3n) is 3.58. The molecule has 1 heterocycles. The summed E-state index contributed by atoms with van der Waals surface area (Å²) in [6, 6.07) is 10.8. The van der Waals surface area contributed by atoms with Crippen molar-refractivity contribution in [3.8, 4) is 0 Å². The summed E-state index contributed by atoms with van der Waals surface area (Å²) in [6.07, 6.45) is 1.15. The first kappa shape index (κ1) is 14.6. The minimum atomic E-state index is -4.41. The van der Waals surface area contributed by atoms with Crippen LogP contribution >= 0.6 is 0 Å². The maximum atomic E-state index is 11.7. The number of rotatable bonds is 4. The van der Waals surface area contributed by atoms with E-state index in [-0.39, 0.29) is 17.9 Å². The van der Waals surface area contributed by atoms with Gasteiger partial charge in [-0.15, -0.1) is 0 Å². The maximum Gasteiger partial charge on any atom is 0.305 e. The van der Waals surface area contributed by atoms with Crippen LogP contribution < -0.4 is 0 Å². The molecule has 2 aromatic carbocycles. The normalized spacial score (nSPS) is 12.0. The van der Waals surface area contributed by atoms with E-state index >= 15 is 0 Å². The van der Waals surface area contributed by atoms with Crippen molar-refractivity contribution in [2.24, 2.45) is 0 Å². The Labute approximate surface area is 126 Å². The molecule has 0 amide bonds. The number of aliphatic carboxylic acids is 1. The second kappa shape index (κ2) is 5.11. The van der Waals surface area contributed by atoms with E-state index in [2.05, 4.69) is 0 Å². The molecule has 6 nitrogen and oxygen atoms in total. The summed E-state index contributed by atoms with van der Waals surface area (Å²) in [5, 5.41) is 10.8. The molecule has 2 N–H and O–H groups in total. The number of fused-ring (bicyclic) bond motifs is 3. The summed E-state index contributed by atoms with van der Waals surface area (Å²) in [4.78, 5) is 10.5. The number of benzene rings is 2. The Hall–Kier alpha value is -2.38. The highest BCUT2D eigenvalue weighted by Gasteiger charge is 2.20. The highest BCUT2D eigenvalue weighted by atomic mass is 32.2. The van der Waals surface area contributed by atoms with E-state index in [4.69, 9.17) is 5.11 Å². The summed E-state index contributed by atoms with van der Waals surface area (Å²) >= 11 is 0. The van der Waals surface area contributed by atoms with E-state index in [1.165, 1.54) is 6.20 Å². The van der Waals surface area contributed by atoms with Crippen molar-refractivity contribution >= 4 is 37.8 Å². The highest BCUT2D eigenvalue weighted by Crippen LogP contribution is 2.32. The monoisotopic (exact) mass is 319 g/mol. The molecule has 22 heavy (non-hydrogen) atoms. The van der Waals surface area contributed by atoms with Gasteiger partial charge in [-0.05, 0) is 16.8 Å². The number of carbonyl (C=O) groups is 1. The van der Waals surface area contributed by atoms with Gasteiger partial charge in [0.2, 0.25) is 0 Å². The molecule has 0 atom stereocenters. The molecule has 0 fully saturated rings. The van der Waals surface area contributed by atoms with Crippen molar-refractivity contribution in [1.82, 2.24) is 4.57 Å². The largest absolute Gasteiger partial charge is 0.481 e. The molecule has 1 aromatic heterocycles. The summed E-state index contributed by atoms with van der Waals surface area (Å²) in [5.74, 6) is -0.976. The van der Waals surface area contributed by atoms with Gasteiger partial charge >= 0.3 is 5.97 Å². The first-order chi connectivity index (χ1) is 10.4. The number of carboxylic acids is 1. The lowest BCUT2D eigenvalue weighted by atomic mass is 10.1. The average Bonchev–Trinajstić information content (AvgIpc) is 2.84. The van der Waals surface area contributed by atoms with E-state index in [1.54, 1.807) is 22.8 Å². The van der Waals surface area contributed by atoms with Crippen LogP contribution in [0.25, 0.3) is 21.7 Å². The first-order valence-electron chi connectivity index (χ1n) is 6.58. The van der Waals surface area contributed by atoms with Crippen LogP contribution in [0, 0.1) is 0 Å². The van der Waals surface area contributed by atoms with Gasteiger partial charge in [-0.2, -0.15) is 8.42 Å². The summed E-state index contributed by atoms with van der Waals surface area (Å²) in [5.41, 5.74) is 0.576. The molecular weight excluding hydrogens is 306 g/mol. The number of hydrogen-bond donors (Lipinski definition) is 2. The SMILES string of the molecule is O=C(O)CCn1cc(S(=O)(=O)O)c2c3ccccc3ccc21. The molecule has 0 radical (unpaired) electrons.